The van der Waals surface area contributed by atoms with Gasteiger partial charge in [-0.25, -0.2) is 18.5 Å². The molecule has 1 saturated carbocycles. The van der Waals surface area contributed by atoms with Gasteiger partial charge in [-0.3, -0.25) is 0 Å². The number of rotatable bonds is 6. The molecule has 7 heteroatoms. The molecule has 0 spiro atoms. The lowest BCUT2D eigenvalue weighted by atomic mass is 10.2. The Hall–Kier alpha value is -1.70. The molecule has 1 aliphatic rings. The van der Waals surface area contributed by atoms with E-state index in [1.54, 1.807) is 12.1 Å². The third-order valence-corrected chi connectivity index (χ3v) is 4.46. The number of benzene rings is 1. The fourth-order valence-corrected chi connectivity index (χ4v) is 2.90. The highest BCUT2D eigenvalue weighted by Crippen LogP contribution is 2.35. The zero-order valence-corrected chi connectivity index (χ0v) is 12.4. The second-order valence-electron chi connectivity index (χ2n) is 5.32. The van der Waals surface area contributed by atoms with E-state index in [4.69, 9.17) is 5.14 Å². The topological polar surface area (TPSA) is 90.0 Å². The summed E-state index contributed by atoms with van der Waals surface area (Å²) in [5, 5.41) is 8.44. The molecule has 0 unspecified atom stereocenters. The lowest BCUT2D eigenvalue weighted by Crippen LogP contribution is -2.16. The van der Waals surface area contributed by atoms with Crippen molar-refractivity contribution in [1.82, 2.24) is 14.9 Å². The molecule has 1 fully saturated rings. The van der Waals surface area contributed by atoms with Crippen molar-refractivity contribution in [2.24, 2.45) is 5.14 Å². The molecule has 1 aliphatic carbocycles. The average molecular weight is 306 g/mol. The van der Waals surface area contributed by atoms with Crippen LogP contribution in [0.3, 0.4) is 0 Å². The molecular formula is C14H18N4O2S. The third-order valence-electron chi connectivity index (χ3n) is 3.55. The number of hydrogen-bond donors (Lipinski definition) is 2. The van der Waals surface area contributed by atoms with Crippen LogP contribution in [0.2, 0.25) is 0 Å². The van der Waals surface area contributed by atoms with Crippen molar-refractivity contribution in [3.63, 3.8) is 0 Å². The molecular weight excluding hydrogens is 288 g/mol. The van der Waals surface area contributed by atoms with Gasteiger partial charge < -0.3 is 9.88 Å². The predicted octanol–water partition coefficient (Wildman–Crippen LogP) is 1.16. The van der Waals surface area contributed by atoms with Gasteiger partial charge in [0.1, 0.15) is 0 Å². The van der Waals surface area contributed by atoms with Crippen LogP contribution in [0, 0.1) is 0 Å². The number of nitrogens with two attached hydrogens (primary N) is 1. The fourth-order valence-electron chi connectivity index (χ4n) is 2.32. The van der Waals surface area contributed by atoms with Gasteiger partial charge in [-0.15, -0.1) is 0 Å². The molecule has 1 heterocycles. The minimum absolute atomic E-state index is 0.143. The Morgan fingerprint density at radius 1 is 1.33 bits per heavy atom. The normalized spacial score (nSPS) is 15.3. The van der Waals surface area contributed by atoms with Gasteiger partial charge >= 0.3 is 0 Å². The van der Waals surface area contributed by atoms with E-state index in [0.29, 0.717) is 19.1 Å². The first-order valence-electron chi connectivity index (χ1n) is 6.87. The quantitative estimate of drug-likeness (QED) is 0.838. The number of aromatic nitrogens is 2. The standard InChI is InChI=1S/C14H18N4O2S/c15-21(19,20)14-3-1-2-11(6-14)7-16-8-13-9-17-10-18(13)12-4-5-12/h1-3,6,9-10,12,16H,4-5,7-8H2,(H2,15,19,20). The molecule has 1 aromatic heterocycles. The number of primary sulfonamides is 1. The number of nitrogens with one attached hydrogen (secondary N) is 1. The maximum atomic E-state index is 11.3. The summed E-state index contributed by atoms with van der Waals surface area (Å²) in [5.41, 5.74) is 2.04. The van der Waals surface area contributed by atoms with Crippen molar-refractivity contribution in [1.29, 1.82) is 0 Å². The highest BCUT2D eigenvalue weighted by molar-refractivity contribution is 7.89. The summed E-state index contributed by atoms with van der Waals surface area (Å²) in [6.45, 7) is 1.29. The first kappa shape index (κ1) is 14.2. The molecule has 2 aromatic rings. The van der Waals surface area contributed by atoms with Crippen LogP contribution in [0.1, 0.15) is 30.1 Å². The van der Waals surface area contributed by atoms with Crippen LogP contribution in [0.15, 0.2) is 41.7 Å². The predicted molar refractivity (Wildman–Crippen MR) is 78.9 cm³/mol. The monoisotopic (exact) mass is 306 g/mol. The molecule has 3 rings (SSSR count). The smallest absolute Gasteiger partial charge is 0.238 e. The van der Waals surface area contributed by atoms with E-state index in [0.717, 1.165) is 11.3 Å². The van der Waals surface area contributed by atoms with Crippen molar-refractivity contribution < 1.29 is 8.42 Å². The van der Waals surface area contributed by atoms with Crippen LogP contribution in [0.4, 0.5) is 0 Å². The minimum Gasteiger partial charge on any atom is -0.330 e. The maximum Gasteiger partial charge on any atom is 0.238 e. The highest BCUT2D eigenvalue weighted by Gasteiger charge is 2.24. The number of nitrogens with zero attached hydrogens (tertiary/aromatic N) is 2. The van der Waals surface area contributed by atoms with Crippen molar-refractivity contribution in [3.8, 4) is 0 Å². The minimum atomic E-state index is -3.65. The van der Waals surface area contributed by atoms with Gasteiger partial charge in [0.2, 0.25) is 10.0 Å². The summed E-state index contributed by atoms with van der Waals surface area (Å²) in [5.74, 6) is 0. The van der Waals surface area contributed by atoms with Crippen LogP contribution in [0.25, 0.3) is 0 Å². The van der Waals surface area contributed by atoms with Gasteiger partial charge in [-0.2, -0.15) is 0 Å². The van der Waals surface area contributed by atoms with Gasteiger partial charge in [0, 0.05) is 25.3 Å². The Bertz CT molecular complexity index is 735. The average Bonchev–Trinajstić information content (AvgIpc) is 3.18. The summed E-state index contributed by atoms with van der Waals surface area (Å²) in [6.07, 6.45) is 6.18. The zero-order chi connectivity index (χ0) is 14.9. The third kappa shape index (κ3) is 3.49. The molecule has 0 saturated heterocycles. The summed E-state index contributed by atoms with van der Waals surface area (Å²) >= 11 is 0. The highest BCUT2D eigenvalue weighted by atomic mass is 32.2. The number of sulfonamides is 1. The number of imidazole rings is 1. The van der Waals surface area contributed by atoms with Gasteiger partial charge in [-0.1, -0.05) is 12.1 Å². The summed E-state index contributed by atoms with van der Waals surface area (Å²) in [6, 6.07) is 7.28. The molecule has 6 nitrogen and oxygen atoms in total. The summed E-state index contributed by atoms with van der Waals surface area (Å²) < 4.78 is 24.8. The molecule has 112 valence electrons. The lowest BCUT2D eigenvalue weighted by molar-refractivity contribution is 0.597. The van der Waals surface area contributed by atoms with Crippen LogP contribution in [0.5, 0.6) is 0 Å². The second-order valence-corrected chi connectivity index (χ2v) is 6.88. The Morgan fingerprint density at radius 3 is 2.86 bits per heavy atom. The van der Waals surface area contributed by atoms with Crippen LogP contribution >= 0.6 is 0 Å². The molecule has 0 radical (unpaired) electrons. The van der Waals surface area contributed by atoms with Gasteiger partial charge in [-0.05, 0) is 30.5 Å². The Kier molecular flexibility index (Phi) is 3.79. The van der Waals surface area contributed by atoms with E-state index >= 15 is 0 Å². The molecule has 3 N–H and O–H groups in total. The molecule has 0 amide bonds. The molecule has 0 aliphatic heterocycles. The van der Waals surface area contributed by atoms with Crippen molar-refractivity contribution in [2.45, 2.75) is 36.9 Å². The first-order chi connectivity index (χ1) is 10.0. The maximum absolute atomic E-state index is 11.3. The zero-order valence-electron chi connectivity index (χ0n) is 11.6. The van der Waals surface area contributed by atoms with Crippen LogP contribution < -0.4 is 10.5 Å². The molecule has 0 bridgehead atoms. The van der Waals surface area contributed by atoms with E-state index < -0.39 is 10.0 Å². The molecule has 21 heavy (non-hydrogen) atoms. The van der Waals surface area contributed by atoms with E-state index in [1.807, 2.05) is 18.6 Å². The lowest BCUT2D eigenvalue weighted by Gasteiger charge is -2.09. The SMILES string of the molecule is NS(=O)(=O)c1cccc(CNCc2cncn2C2CC2)c1. The Balaban J connectivity index is 1.61. The van der Waals surface area contributed by atoms with E-state index in [1.165, 1.54) is 18.9 Å². The largest absolute Gasteiger partial charge is 0.330 e. The molecule has 1 aromatic carbocycles. The molecule has 0 atom stereocenters. The van der Waals surface area contributed by atoms with Crippen molar-refractivity contribution in [3.05, 3.63) is 48.0 Å². The Labute approximate surface area is 124 Å². The van der Waals surface area contributed by atoms with E-state index in [9.17, 15) is 8.42 Å². The van der Waals surface area contributed by atoms with Crippen LogP contribution in [-0.4, -0.2) is 18.0 Å². The Morgan fingerprint density at radius 2 is 2.14 bits per heavy atom. The van der Waals surface area contributed by atoms with Gasteiger partial charge in [0.05, 0.1) is 16.9 Å². The summed E-state index contributed by atoms with van der Waals surface area (Å²) in [7, 11) is -3.65. The van der Waals surface area contributed by atoms with Crippen molar-refractivity contribution >= 4 is 10.0 Å². The van der Waals surface area contributed by atoms with E-state index in [-0.39, 0.29) is 4.90 Å². The van der Waals surface area contributed by atoms with Gasteiger partial charge in [0.15, 0.2) is 0 Å². The summed E-state index contributed by atoms with van der Waals surface area (Å²) in [4.78, 5) is 4.33. The second kappa shape index (κ2) is 5.59. The fraction of sp³-hybridized carbons (Fsp3) is 0.357. The first-order valence-corrected chi connectivity index (χ1v) is 8.42. The van der Waals surface area contributed by atoms with E-state index in [2.05, 4.69) is 14.9 Å². The van der Waals surface area contributed by atoms with Crippen LogP contribution in [-0.2, 0) is 23.1 Å². The van der Waals surface area contributed by atoms with Gasteiger partial charge in [0.25, 0.3) is 0 Å². The number of hydrogen-bond acceptors (Lipinski definition) is 4. The van der Waals surface area contributed by atoms with Crippen molar-refractivity contribution in [2.75, 3.05) is 0 Å².